The summed E-state index contributed by atoms with van der Waals surface area (Å²) in [6, 6.07) is 7.72. The average Bonchev–Trinajstić information content (AvgIpc) is 2.55. The summed E-state index contributed by atoms with van der Waals surface area (Å²) in [6.45, 7) is 4.29. The fourth-order valence-corrected chi connectivity index (χ4v) is 2.91. The molecule has 1 unspecified atom stereocenters. The molecule has 0 saturated heterocycles. The molecular formula is C17H19Cl2N3O2. The van der Waals surface area contributed by atoms with Crippen LogP contribution in [0.4, 0.5) is 0 Å². The number of carbonyl (C=O) groups is 1. The summed E-state index contributed by atoms with van der Waals surface area (Å²) in [5.74, 6) is -0.279. The van der Waals surface area contributed by atoms with E-state index in [9.17, 15) is 9.59 Å². The molecule has 1 atom stereocenters. The van der Waals surface area contributed by atoms with Gasteiger partial charge in [0.05, 0.1) is 6.04 Å². The number of benzene rings is 1. The van der Waals surface area contributed by atoms with Crippen LogP contribution in [-0.4, -0.2) is 27.6 Å². The van der Waals surface area contributed by atoms with Crippen LogP contribution in [0.3, 0.4) is 0 Å². The highest BCUT2D eigenvalue weighted by Gasteiger charge is 2.22. The van der Waals surface area contributed by atoms with E-state index in [0.717, 1.165) is 12.0 Å². The highest BCUT2D eigenvalue weighted by Crippen LogP contribution is 2.29. The van der Waals surface area contributed by atoms with E-state index in [0.29, 0.717) is 16.6 Å². The van der Waals surface area contributed by atoms with E-state index >= 15 is 0 Å². The Hall–Kier alpha value is -1.85. The third-order valence-corrected chi connectivity index (χ3v) is 4.40. The summed E-state index contributed by atoms with van der Waals surface area (Å²) in [6.07, 6.45) is 0.761. The van der Waals surface area contributed by atoms with Crippen molar-refractivity contribution in [2.75, 3.05) is 7.05 Å². The Labute approximate surface area is 150 Å². The second kappa shape index (κ2) is 7.81. The molecule has 0 saturated carbocycles. The molecule has 1 aromatic heterocycles. The average molecular weight is 368 g/mol. The van der Waals surface area contributed by atoms with Gasteiger partial charge in [-0.25, -0.2) is 4.68 Å². The summed E-state index contributed by atoms with van der Waals surface area (Å²) in [7, 11) is 1.68. The molecule has 0 aliphatic rings. The predicted molar refractivity (Wildman–Crippen MR) is 95.8 cm³/mol. The number of aromatic nitrogens is 2. The van der Waals surface area contributed by atoms with Crippen LogP contribution in [0, 0.1) is 0 Å². The lowest BCUT2D eigenvalue weighted by atomic mass is 10.1. The molecule has 0 bridgehead atoms. The first-order valence-corrected chi connectivity index (χ1v) is 8.41. The van der Waals surface area contributed by atoms with Crippen molar-refractivity contribution in [2.24, 2.45) is 0 Å². The van der Waals surface area contributed by atoms with Crippen LogP contribution in [0.1, 0.15) is 42.4 Å². The first kappa shape index (κ1) is 18.5. The number of hydrogen-bond donors (Lipinski definition) is 0. The molecule has 2 rings (SSSR count). The molecule has 2 aromatic rings. The first-order chi connectivity index (χ1) is 11.3. The Bertz CT molecular complexity index is 805. The minimum atomic E-state index is -0.279. The number of halogens is 2. The fourth-order valence-electron chi connectivity index (χ4n) is 2.34. The van der Waals surface area contributed by atoms with Gasteiger partial charge in [0.15, 0.2) is 0 Å². The van der Waals surface area contributed by atoms with Crippen molar-refractivity contribution in [1.29, 1.82) is 0 Å². The van der Waals surface area contributed by atoms with Gasteiger partial charge in [0.25, 0.3) is 11.5 Å². The summed E-state index contributed by atoms with van der Waals surface area (Å²) < 4.78 is 1.31. The molecule has 24 heavy (non-hydrogen) atoms. The van der Waals surface area contributed by atoms with Crippen molar-refractivity contribution in [2.45, 2.75) is 32.9 Å². The van der Waals surface area contributed by atoms with E-state index in [1.807, 2.05) is 13.8 Å². The van der Waals surface area contributed by atoms with Gasteiger partial charge in [0, 0.05) is 29.7 Å². The van der Waals surface area contributed by atoms with Crippen molar-refractivity contribution in [3.05, 3.63) is 62.0 Å². The summed E-state index contributed by atoms with van der Waals surface area (Å²) in [4.78, 5) is 26.0. The molecule has 0 fully saturated rings. The molecule has 128 valence electrons. The number of nitrogens with zero attached hydrogens (tertiary/aromatic N) is 3. The summed E-state index contributed by atoms with van der Waals surface area (Å²) in [5.41, 5.74) is 0.797. The van der Waals surface area contributed by atoms with E-state index in [4.69, 9.17) is 23.2 Å². The summed E-state index contributed by atoms with van der Waals surface area (Å²) >= 11 is 12.1. The fraction of sp³-hybridized carbons (Fsp3) is 0.353. The molecule has 7 heteroatoms. The van der Waals surface area contributed by atoms with E-state index in [-0.39, 0.29) is 23.2 Å². The maximum absolute atomic E-state index is 12.7. The van der Waals surface area contributed by atoms with Crippen LogP contribution in [-0.2, 0) is 6.54 Å². The van der Waals surface area contributed by atoms with Crippen LogP contribution in [0.25, 0.3) is 0 Å². The van der Waals surface area contributed by atoms with E-state index in [1.54, 1.807) is 25.2 Å². The smallest absolute Gasteiger partial charge is 0.274 e. The predicted octanol–water partition coefficient (Wildman–Crippen LogP) is 3.79. The largest absolute Gasteiger partial charge is 0.333 e. The van der Waals surface area contributed by atoms with Crippen LogP contribution >= 0.6 is 23.2 Å². The highest BCUT2D eigenvalue weighted by atomic mass is 35.5. The van der Waals surface area contributed by atoms with Crippen LogP contribution < -0.4 is 5.56 Å². The van der Waals surface area contributed by atoms with Gasteiger partial charge in [-0.1, -0.05) is 36.2 Å². The topological polar surface area (TPSA) is 55.2 Å². The van der Waals surface area contributed by atoms with Gasteiger partial charge in [0.2, 0.25) is 0 Å². The third-order valence-electron chi connectivity index (χ3n) is 3.84. The zero-order chi connectivity index (χ0) is 17.9. The van der Waals surface area contributed by atoms with E-state index < -0.39 is 0 Å². The Morgan fingerprint density at radius 1 is 1.29 bits per heavy atom. The lowest BCUT2D eigenvalue weighted by molar-refractivity contribution is 0.0733. The molecule has 1 aromatic carbocycles. The Morgan fingerprint density at radius 2 is 2.00 bits per heavy atom. The number of rotatable bonds is 5. The first-order valence-electron chi connectivity index (χ1n) is 7.65. The third kappa shape index (κ3) is 3.97. The van der Waals surface area contributed by atoms with Crippen molar-refractivity contribution >= 4 is 29.1 Å². The molecule has 0 aliphatic heterocycles. The standard InChI is InChI=1S/C17H19Cl2N3O2/c1-4-9-22-16(23)8-7-15(20-22)17(24)21(3)11(2)13-6-5-12(18)10-14(13)19/h5-8,10-11H,4,9H2,1-3H3. The van der Waals surface area contributed by atoms with Crippen molar-refractivity contribution in [1.82, 2.24) is 14.7 Å². The van der Waals surface area contributed by atoms with Gasteiger partial charge in [-0.15, -0.1) is 0 Å². The second-order valence-electron chi connectivity index (χ2n) is 5.54. The maximum atomic E-state index is 12.7. The van der Waals surface area contributed by atoms with Crippen LogP contribution in [0.2, 0.25) is 10.0 Å². The zero-order valence-corrected chi connectivity index (χ0v) is 15.3. The molecule has 0 N–H and O–H groups in total. The monoisotopic (exact) mass is 367 g/mol. The molecular weight excluding hydrogens is 349 g/mol. The molecule has 1 heterocycles. The Balaban J connectivity index is 2.28. The maximum Gasteiger partial charge on any atom is 0.274 e. The van der Waals surface area contributed by atoms with Crippen LogP contribution in [0.5, 0.6) is 0 Å². The van der Waals surface area contributed by atoms with Crippen molar-refractivity contribution < 1.29 is 4.79 Å². The Morgan fingerprint density at radius 3 is 2.62 bits per heavy atom. The number of carbonyl (C=O) groups excluding carboxylic acids is 1. The SMILES string of the molecule is CCCn1nc(C(=O)N(C)C(C)c2ccc(Cl)cc2Cl)ccc1=O. The normalized spacial score (nSPS) is 12.0. The van der Waals surface area contributed by atoms with Gasteiger partial charge in [0.1, 0.15) is 5.69 Å². The number of amides is 1. The number of aryl methyl sites for hydroxylation is 1. The van der Waals surface area contributed by atoms with Gasteiger partial charge < -0.3 is 4.90 Å². The lowest BCUT2D eigenvalue weighted by Gasteiger charge is -2.26. The zero-order valence-electron chi connectivity index (χ0n) is 13.8. The lowest BCUT2D eigenvalue weighted by Crippen LogP contribution is -2.33. The van der Waals surface area contributed by atoms with Crippen molar-refractivity contribution in [3.8, 4) is 0 Å². The van der Waals surface area contributed by atoms with E-state index in [2.05, 4.69) is 5.10 Å². The molecule has 0 spiro atoms. The van der Waals surface area contributed by atoms with E-state index in [1.165, 1.54) is 21.7 Å². The number of hydrogen-bond acceptors (Lipinski definition) is 3. The highest BCUT2D eigenvalue weighted by molar-refractivity contribution is 6.35. The van der Waals surface area contributed by atoms with Gasteiger partial charge in [-0.2, -0.15) is 5.10 Å². The molecule has 1 amide bonds. The minimum absolute atomic E-state index is 0.218. The van der Waals surface area contributed by atoms with Gasteiger partial charge in [-0.3, -0.25) is 9.59 Å². The molecule has 0 radical (unpaired) electrons. The van der Waals surface area contributed by atoms with Gasteiger partial charge in [-0.05, 0) is 37.1 Å². The second-order valence-corrected chi connectivity index (χ2v) is 6.38. The van der Waals surface area contributed by atoms with Crippen molar-refractivity contribution in [3.63, 3.8) is 0 Å². The quantitative estimate of drug-likeness (QED) is 0.807. The van der Waals surface area contributed by atoms with Crippen LogP contribution in [0.15, 0.2) is 35.1 Å². The summed E-state index contributed by atoms with van der Waals surface area (Å²) in [5, 5.41) is 5.19. The molecule has 0 aliphatic carbocycles. The van der Waals surface area contributed by atoms with Gasteiger partial charge >= 0.3 is 0 Å². The minimum Gasteiger partial charge on any atom is -0.333 e. The molecule has 5 nitrogen and oxygen atoms in total. The Kier molecular flexibility index (Phi) is 6.02.